The summed E-state index contributed by atoms with van der Waals surface area (Å²) >= 11 is 11.2. The lowest BCUT2D eigenvalue weighted by Gasteiger charge is -2.15. The maximum Gasteiger partial charge on any atom is 0.431 e. The van der Waals surface area contributed by atoms with E-state index < -0.39 is 34.6 Å². The van der Waals surface area contributed by atoms with Crippen molar-refractivity contribution in [2.45, 2.75) is 6.18 Å². The van der Waals surface area contributed by atoms with Crippen molar-refractivity contribution in [3.63, 3.8) is 0 Å². The van der Waals surface area contributed by atoms with Gasteiger partial charge in [0.05, 0.1) is 16.6 Å². The van der Waals surface area contributed by atoms with Crippen molar-refractivity contribution < 1.29 is 22.3 Å². The fourth-order valence-electron chi connectivity index (χ4n) is 2.13. The lowest BCUT2D eigenvalue weighted by Crippen LogP contribution is -2.41. The number of aromatic nitrogens is 2. The first-order chi connectivity index (χ1) is 12.6. The second-order valence-corrected chi connectivity index (χ2v) is 5.73. The summed E-state index contributed by atoms with van der Waals surface area (Å²) in [7, 11) is 0.814. The van der Waals surface area contributed by atoms with Crippen molar-refractivity contribution in [2.75, 3.05) is 12.5 Å². The van der Waals surface area contributed by atoms with Gasteiger partial charge in [0.15, 0.2) is 0 Å². The number of hydrogen-bond donors (Lipinski definition) is 0. The van der Waals surface area contributed by atoms with E-state index in [1.54, 1.807) is 0 Å². The van der Waals surface area contributed by atoms with Crippen molar-refractivity contribution in [3.8, 4) is 23.3 Å². The van der Waals surface area contributed by atoms with Crippen molar-refractivity contribution >= 4 is 23.2 Å². The van der Waals surface area contributed by atoms with Crippen molar-refractivity contribution in [2.24, 2.45) is 7.05 Å². The van der Waals surface area contributed by atoms with Gasteiger partial charge in [-0.05, 0) is 6.07 Å². The predicted molar refractivity (Wildman–Crippen MR) is 91.2 cm³/mol. The third kappa shape index (κ3) is 4.46. The second kappa shape index (κ2) is 8.06. The van der Waals surface area contributed by atoms with E-state index in [9.17, 15) is 27.2 Å². The Balaban J connectivity index is 2.63. The molecule has 27 heavy (non-hydrogen) atoms. The van der Waals surface area contributed by atoms with Gasteiger partial charge in [0.2, 0.25) is 0 Å². The zero-order chi connectivity index (χ0) is 20.4. The molecule has 2 rings (SSSR count). The molecule has 0 aliphatic carbocycles. The molecular formula is C16H10Cl2F4N2O3. The first-order valence-corrected chi connectivity index (χ1v) is 8.03. The molecule has 2 aromatic rings. The maximum atomic E-state index is 14.3. The largest absolute Gasteiger partial charge is 0.479 e. The fraction of sp³-hybridized carbons (Fsp3) is 0.250. The molecule has 5 nitrogen and oxygen atoms in total. The topological polar surface area (TPSA) is 53.2 Å². The number of halogens is 6. The van der Waals surface area contributed by atoms with Crippen LogP contribution >= 0.6 is 23.2 Å². The molecule has 0 amide bonds. The van der Waals surface area contributed by atoms with E-state index in [2.05, 4.69) is 11.8 Å². The van der Waals surface area contributed by atoms with Gasteiger partial charge in [-0.1, -0.05) is 23.4 Å². The van der Waals surface area contributed by atoms with Gasteiger partial charge < -0.3 is 4.74 Å². The van der Waals surface area contributed by atoms with Crippen LogP contribution in [0.1, 0.15) is 5.69 Å². The van der Waals surface area contributed by atoms with E-state index in [0.717, 1.165) is 19.2 Å². The third-order valence-electron chi connectivity index (χ3n) is 3.34. The monoisotopic (exact) mass is 424 g/mol. The molecule has 144 valence electrons. The highest BCUT2D eigenvalue weighted by molar-refractivity contribution is 6.32. The van der Waals surface area contributed by atoms with Crippen LogP contribution in [-0.2, 0) is 13.2 Å². The minimum Gasteiger partial charge on any atom is -0.479 e. The molecule has 0 saturated carbocycles. The van der Waals surface area contributed by atoms with Gasteiger partial charge in [-0.15, -0.1) is 11.6 Å². The lowest BCUT2D eigenvalue weighted by molar-refractivity contribution is -0.144. The van der Waals surface area contributed by atoms with Crippen LogP contribution in [0.2, 0.25) is 5.02 Å². The second-order valence-electron chi connectivity index (χ2n) is 5.05. The molecule has 0 atom stereocenters. The molecule has 0 unspecified atom stereocenters. The van der Waals surface area contributed by atoms with Crippen LogP contribution in [0.25, 0.3) is 5.69 Å². The molecule has 0 fully saturated rings. The lowest BCUT2D eigenvalue weighted by atomic mass is 10.2. The van der Waals surface area contributed by atoms with E-state index in [0.29, 0.717) is 0 Å². The van der Waals surface area contributed by atoms with E-state index in [-0.39, 0.29) is 38.5 Å². The summed E-state index contributed by atoms with van der Waals surface area (Å²) in [5.74, 6) is 3.86. The zero-order valence-electron chi connectivity index (χ0n) is 13.5. The van der Waals surface area contributed by atoms with Gasteiger partial charge in [0.25, 0.3) is 5.56 Å². The minimum absolute atomic E-state index is 0.0583. The summed E-state index contributed by atoms with van der Waals surface area (Å²) in [5.41, 5.74) is -4.82. The van der Waals surface area contributed by atoms with Gasteiger partial charge in [-0.3, -0.25) is 9.36 Å². The number of benzene rings is 1. The highest BCUT2D eigenvalue weighted by Gasteiger charge is 2.35. The van der Waals surface area contributed by atoms with Crippen LogP contribution in [0.15, 0.2) is 27.8 Å². The summed E-state index contributed by atoms with van der Waals surface area (Å²) < 4.78 is 58.6. The van der Waals surface area contributed by atoms with Crippen molar-refractivity contribution in [3.05, 3.63) is 55.6 Å². The van der Waals surface area contributed by atoms with Crippen LogP contribution in [0.5, 0.6) is 5.75 Å². The highest BCUT2D eigenvalue weighted by Crippen LogP contribution is 2.30. The molecular weight excluding hydrogens is 415 g/mol. The highest BCUT2D eigenvalue weighted by atomic mass is 35.5. The Morgan fingerprint density at radius 3 is 2.44 bits per heavy atom. The van der Waals surface area contributed by atoms with Crippen LogP contribution in [-0.4, -0.2) is 21.6 Å². The zero-order valence-corrected chi connectivity index (χ0v) is 15.0. The number of rotatable bonds is 3. The molecule has 0 N–H and O–H groups in total. The van der Waals surface area contributed by atoms with Crippen LogP contribution < -0.4 is 16.0 Å². The van der Waals surface area contributed by atoms with E-state index in [1.165, 1.54) is 0 Å². The standard InChI is InChI=1S/C16H10Cl2F4N2O3/c1-23-13(16(20,21)22)8-14(25)24(15(23)26)11-7-12(9(18)6-10(11)19)27-5-3-2-4-17/h6-8H,4-5H2,1H3. The Labute approximate surface area is 159 Å². The number of nitrogens with zero attached hydrogens (tertiary/aromatic N) is 2. The van der Waals surface area contributed by atoms with Gasteiger partial charge in [-0.25, -0.2) is 13.8 Å². The predicted octanol–water partition coefficient (Wildman–Crippen LogP) is 2.97. The average molecular weight is 425 g/mol. The molecule has 0 aliphatic rings. The molecule has 1 aromatic carbocycles. The van der Waals surface area contributed by atoms with E-state index >= 15 is 0 Å². The Morgan fingerprint density at radius 1 is 1.19 bits per heavy atom. The van der Waals surface area contributed by atoms with Gasteiger partial charge in [0.1, 0.15) is 23.9 Å². The Morgan fingerprint density at radius 2 is 1.85 bits per heavy atom. The van der Waals surface area contributed by atoms with Gasteiger partial charge >= 0.3 is 11.9 Å². The molecule has 0 spiro atoms. The Bertz CT molecular complexity index is 1050. The SMILES string of the molecule is Cn1c(C(F)(F)F)cc(=O)n(-c2cc(OCC#CCCl)c(Cl)cc2F)c1=O. The van der Waals surface area contributed by atoms with Crippen molar-refractivity contribution in [1.82, 2.24) is 9.13 Å². The Kier molecular flexibility index (Phi) is 6.23. The van der Waals surface area contributed by atoms with Gasteiger partial charge in [0, 0.05) is 19.2 Å². The normalized spacial score (nSPS) is 11.1. The van der Waals surface area contributed by atoms with E-state index in [4.69, 9.17) is 27.9 Å². The fourth-order valence-corrected chi connectivity index (χ4v) is 2.43. The number of hydrogen-bond acceptors (Lipinski definition) is 3. The third-order valence-corrected chi connectivity index (χ3v) is 3.77. The molecule has 0 bridgehead atoms. The smallest absolute Gasteiger partial charge is 0.431 e. The molecule has 1 aromatic heterocycles. The molecule has 1 heterocycles. The van der Waals surface area contributed by atoms with Crippen molar-refractivity contribution in [1.29, 1.82) is 0 Å². The quantitative estimate of drug-likeness (QED) is 0.432. The van der Waals surface area contributed by atoms with Crippen LogP contribution in [0.4, 0.5) is 17.6 Å². The first-order valence-electron chi connectivity index (χ1n) is 7.12. The average Bonchev–Trinajstić information content (AvgIpc) is 2.57. The maximum absolute atomic E-state index is 14.3. The van der Waals surface area contributed by atoms with E-state index in [1.807, 2.05) is 0 Å². The summed E-state index contributed by atoms with van der Waals surface area (Å²) in [6, 6.07) is 1.89. The van der Waals surface area contributed by atoms with Gasteiger partial charge in [-0.2, -0.15) is 13.2 Å². The molecule has 11 heteroatoms. The minimum atomic E-state index is -4.93. The molecule has 0 aliphatic heterocycles. The van der Waals surface area contributed by atoms with Crippen LogP contribution in [0, 0.1) is 17.7 Å². The number of ether oxygens (including phenoxy) is 1. The number of alkyl halides is 4. The Hall–Kier alpha value is -2.44. The first kappa shape index (κ1) is 20.9. The molecule has 0 saturated heterocycles. The molecule has 0 radical (unpaired) electrons. The summed E-state index contributed by atoms with van der Waals surface area (Å²) in [4.78, 5) is 24.3. The summed E-state index contributed by atoms with van der Waals surface area (Å²) in [6.45, 7) is -0.169. The summed E-state index contributed by atoms with van der Waals surface area (Å²) in [6.07, 6.45) is -4.93. The summed E-state index contributed by atoms with van der Waals surface area (Å²) in [5, 5.41) is -0.180. The van der Waals surface area contributed by atoms with Crippen LogP contribution in [0.3, 0.4) is 0 Å².